The van der Waals surface area contributed by atoms with Gasteiger partial charge in [-0.3, -0.25) is 4.18 Å². The number of nitrogens with zero attached hydrogens (tertiary/aromatic N) is 3. The first-order valence-electron chi connectivity index (χ1n) is 30.6. The molecule has 17 heteroatoms. The number of hydrogen-bond donors (Lipinski definition) is 2. The fraction of sp³-hybridized carbons (Fsp3) is 0.169. The van der Waals surface area contributed by atoms with E-state index < -0.39 is 33.5 Å². The number of aliphatic hydroxyl groups is 1. The second-order valence-electron chi connectivity index (χ2n) is 21.9. The normalized spacial score (nSPS) is 9.62. The second kappa shape index (κ2) is 47.8. The second-order valence-corrected chi connectivity index (χ2v) is 23.7. The zero-order valence-electron chi connectivity index (χ0n) is 57.9. The number of benzene rings is 11. The molecular formula is C83H83F8N3O5S. The van der Waals surface area contributed by atoms with Crippen LogP contribution in [-0.2, 0) is 27.1 Å². The average molecular weight is 1390 g/mol. The number of halogens is 8. The summed E-state index contributed by atoms with van der Waals surface area (Å²) in [5, 5.41) is 34.2. The Labute approximate surface area is 585 Å². The van der Waals surface area contributed by atoms with E-state index in [1.807, 2.05) is 163 Å². The van der Waals surface area contributed by atoms with Gasteiger partial charge < -0.3 is 10.2 Å². The van der Waals surface area contributed by atoms with E-state index in [1.54, 1.807) is 82.3 Å². The van der Waals surface area contributed by atoms with Gasteiger partial charge in [0.1, 0.15) is 34.8 Å². The van der Waals surface area contributed by atoms with Crippen molar-refractivity contribution < 1.29 is 57.9 Å². The van der Waals surface area contributed by atoms with Gasteiger partial charge in [-0.05, 0) is 212 Å². The zero-order chi connectivity index (χ0) is 75.2. The van der Waals surface area contributed by atoms with E-state index in [4.69, 9.17) is 27.3 Å². The highest BCUT2D eigenvalue weighted by molar-refractivity contribution is 7.86. The summed E-state index contributed by atoms with van der Waals surface area (Å²) in [6.45, 7) is 27.2. The van der Waals surface area contributed by atoms with Crippen molar-refractivity contribution in [2.24, 2.45) is 0 Å². The van der Waals surface area contributed by atoms with Gasteiger partial charge in [0.05, 0.1) is 54.0 Å². The third-order valence-electron chi connectivity index (χ3n) is 12.7. The van der Waals surface area contributed by atoms with Crippen molar-refractivity contribution in [3.05, 3.63) is 385 Å². The average Bonchev–Trinajstić information content (AvgIpc) is 0.876. The Bertz CT molecular complexity index is 4270. The van der Waals surface area contributed by atoms with Gasteiger partial charge >= 0.3 is 6.18 Å². The van der Waals surface area contributed by atoms with Crippen LogP contribution in [0, 0.1) is 134 Å². The summed E-state index contributed by atoms with van der Waals surface area (Å²) >= 11 is 0. The highest BCUT2D eigenvalue weighted by Gasteiger charge is 2.30. The Morgan fingerprint density at radius 3 is 1.21 bits per heavy atom. The van der Waals surface area contributed by atoms with Crippen molar-refractivity contribution in [3.8, 4) is 17.9 Å². The van der Waals surface area contributed by atoms with E-state index in [9.17, 15) is 43.5 Å². The number of phenols is 1. The maximum absolute atomic E-state index is 12.5. The molecule has 0 aliphatic carbocycles. The molecule has 11 aromatic rings. The molecule has 0 heterocycles. The van der Waals surface area contributed by atoms with E-state index in [-0.39, 0.29) is 29.0 Å². The SMILES string of the molecule is COS(=O)(=O)c1cccc(C)c1.Cc1cc(C#N)ccc1F.Cc1cc(F)cc(F)c1.Cc1ccc(CO)cc1.Cc1cccc(C#N)c1.Cc1cccc(C(F)(F)F)c1.Cc1cccc(F)c1.Cc1cccc(O)c1.Cc1ccccc1.Cc1ccccc1F.[C-]#[N+]c1ccc(C)cc1. The maximum Gasteiger partial charge on any atom is 0.416 e. The number of alkyl halides is 3. The Balaban J connectivity index is 0.000000551. The fourth-order valence-electron chi connectivity index (χ4n) is 7.44. The summed E-state index contributed by atoms with van der Waals surface area (Å²) in [6.07, 6.45) is -4.22. The number of aryl methyl sites for hydroxylation is 11. The largest absolute Gasteiger partial charge is 0.508 e. The Morgan fingerprint density at radius 2 is 0.850 bits per heavy atom. The van der Waals surface area contributed by atoms with Gasteiger partial charge in [0.15, 0.2) is 5.69 Å². The summed E-state index contributed by atoms with van der Waals surface area (Å²) in [5.41, 5.74) is 12.6. The van der Waals surface area contributed by atoms with Crippen LogP contribution in [-0.4, -0.2) is 25.7 Å². The predicted molar refractivity (Wildman–Crippen MR) is 385 cm³/mol. The van der Waals surface area contributed by atoms with Crippen LogP contribution in [0.1, 0.15) is 83.5 Å². The number of nitriles is 2. The van der Waals surface area contributed by atoms with Crippen LogP contribution in [0.15, 0.2) is 266 Å². The Hall–Kier alpha value is -11.0. The van der Waals surface area contributed by atoms with Crippen molar-refractivity contribution in [2.45, 2.75) is 93.8 Å². The maximum atomic E-state index is 12.5. The molecule has 100 heavy (non-hydrogen) atoms. The van der Waals surface area contributed by atoms with Crippen LogP contribution in [0.2, 0.25) is 0 Å². The van der Waals surface area contributed by atoms with Gasteiger partial charge in [0, 0.05) is 6.07 Å². The van der Waals surface area contributed by atoms with Gasteiger partial charge in [-0.2, -0.15) is 32.1 Å². The molecule has 522 valence electrons. The fourth-order valence-corrected chi connectivity index (χ4v) is 8.21. The molecule has 8 nitrogen and oxygen atoms in total. The Kier molecular flexibility index (Phi) is 41.6. The van der Waals surface area contributed by atoms with E-state index in [0.717, 1.165) is 58.7 Å². The highest BCUT2D eigenvalue weighted by atomic mass is 32.2. The first-order valence-corrected chi connectivity index (χ1v) is 32.0. The van der Waals surface area contributed by atoms with Crippen LogP contribution in [0.25, 0.3) is 4.85 Å². The molecule has 0 atom stereocenters. The van der Waals surface area contributed by atoms with E-state index in [2.05, 4.69) is 34.2 Å². The smallest absolute Gasteiger partial charge is 0.416 e. The van der Waals surface area contributed by atoms with E-state index >= 15 is 0 Å². The minimum atomic E-state index is -4.22. The van der Waals surface area contributed by atoms with Gasteiger partial charge in [-0.15, -0.1) is 0 Å². The molecule has 0 fully saturated rings. The van der Waals surface area contributed by atoms with Crippen LogP contribution < -0.4 is 0 Å². The van der Waals surface area contributed by atoms with Crippen LogP contribution in [0.4, 0.5) is 40.8 Å². The van der Waals surface area contributed by atoms with E-state index in [0.29, 0.717) is 39.3 Å². The summed E-state index contributed by atoms with van der Waals surface area (Å²) in [6, 6.07) is 77.0. The molecular weight excluding hydrogens is 1300 g/mol. The lowest BCUT2D eigenvalue weighted by Crippen LogP contribution is -2.04. The monoisotopic (exact) mass is 1390 g/mol. The summed E-state index contributed by atoms with van der Waals surface area (Å²) < 4.78 is 124. The molecule has 0 aliphatic rings. The third-order valence-corrected chi connectivity index (χ3v) is 14.0. The first kappa shape index (κ1) is 87.0. The Morgan fingerprint density at radius 1 is 0.420 bits per heavy atom. The predicted octanol–water partition coefficient (Wildman–Crippen LogP) is 22.5. The van der Waals surface area contributed by atoms with Crippen molar-refractivity contribution >= 4 is 15.8 Å². The number of aliphatic hydroxyl groups excluding tert-OH is 1. The van der Waals surface area contributed by atoms with Gasteiger partial charge in [-0.1, -0.05) is 186 Å². The van der Waals surface area contributed by atoms with Crippen LogP contribution >= 0.6 is 0 Å². The quantitative estimate of drug-likeness (QED) is 0.102. The molecule has 0 saturated carbocycles. The van der Waals surface area contributed by atoms with Crippen molar-refractivity contribution in [1.82, 2.24) is 0 Å². The van der Waals surface area contributed by atoms with Crippen molar-refractivity contribution in [1.29, 1.82) is 10.5 Å². The molecule has 0 aromatic heterocycles. The molecule has 0 unspecified atom stereocenters. The number of phenolic OH excluding ortho intramolecular Hbond substituents is 1. The lowest BCUT2D eigenvalue weighted by atomic mass is 10.1. The molecule has 0 aliphatic heterocycles. The van der Waals surface area contributed by atoms with E-state index in [1.165, 1.54) is 77.4 Å². The van der Waals surface area contributed by atoms with Crippen LogP contribution in [0.3, 0.4) is 0 Å². The molecule has 0 bridgehead atoms. The lowest BCUT2D eigenvalue weighted by Gasteiger charge is -2.05. The van der Waals surface area contributed by atoms with Gasteiger partial charge in [-0.25, -0.2) is 26.8 Å². The molecule has 11 aromatic carbocycles. The standard InChI is InChI=1S/C8H7F3.C8H6FN.2C8H7N.C8H10O3S.C8H10O.C7H6F2.2C7H7F.C7H8O.C7H8/c1-6-3-2-4-7(5-6)8(9,10)11;1-6-4-7(5-10)2-3-8(6)9;1-7-3-5-8(9-2)6-4-7;1-7-3-2-4-8(5-7)6-9;1-7-4-3-5-8(6-7)12(9,10)11-2;1-7-2-4-8(6-9)5-3-7;1-5-2-6(8)4-7(9)3-5;1-6-3-2-4-7(8)5-6;1-6-4-2-3-5-7(6)8;1-6-3-2-4-7(8)5-6;1-7-5-3-2-4-6-7/h2-5H,1H3;2-4H,1H3;3-6H,1H3;2-5H,1H3;3-6H,1-2H3;2-5,9H,6H2,1H3;2-4H,1H3;2*2-5H,1H3;2-5,8H,1H3;2-6H,1H3. The topological polar surface area (TPSA) is 136 Å². The number of aromatic hydroxyl groups is 1. The zero-order valence-corrected chi connectivity index (χ0v) is 58.7. The number of rotatable bonds is 3. The molecule has 0 saturated heterocycles. The van der Waals surface area contributed by atoms with Gasteiger partial charge in [0.2, 0.25) is 0 Å². The van der Waals surface area contributed by atoms with Crippen molar-refractivity contribution in [3.63, 3.8) is 0 Å². The van der Waals surface area contributed by atoms with Crippen LogP contribution in [0.5, 0.6) is 5.75 Å². The first-order chi connectivity index (χ1) is 47.2. The summed E-state index contributed by atoms with van der Waals surface area (Å²) in [5.74, 6) is -1.26. The minimum absolute atomic E-state index is 0.132. The molecule has 11 rings (SSSR count). The third kappa shape index (κ3) is 40.5. The molecule has 0 spiro atoms. The lowest BCUT2D eigenvalue weighted by molar-refractivity contribution is -0.137. The highest BCUT2D eigenvalue weighted by Crippen LogP contribution is 2.29. The summed E-state index contributed by atoms with van der Waals surface area (Å²) in [4.78, 5) is 3.46. The molecule has 2 N–H and O–H groups in total. The van der Waals surface area contributed by atoms with Gasteiger partial charge in [0.25, 0.3) is 10.1 Å². The van der Waals surface area contributed by atoms with Crippen molar-refractivity contribution in [2.75, 3.05) is 7.11 Å². The molecule has 0 radical (unpaired) electrons. The molecule has 0 amide bonds. The number of hydrogen-bond acceptors (Lipinski definition) is 7. The minimum Gasteiger partial charge on any atom is -0.508 e. The summed E-state index contributed by atoms with van der Waals surface area (Å²) in [7, 11) is -2.37.